The fourth-order valence-electron chi connectivity index (χ4n) is 3.83. The maximum atomic E-state index is 12.4. The average Bonchev–Trinajstić information content (AvgIpc) is 3.13. The summed E-state index contributed by atoms with van der Waals surface area (Å²) >= 11 is 0. The number of nitrogens with one attached hydrogen (secondary N) is 1. The van der Waals surface area contributed by atoms with Crippen LogP contribution in [0, 0.1) is 5.92 Å². The Hall–Kier alpha value is -1.84. The normalized spacial score (nSPS) is 19.4. The number of hydrogen-bond acceptors (Lipinski definition) is 2. The van der Waals surface area contributed by atoms with E-state index in [0.29, 0.717) is 12.5 Å². The molecule has 24 heavy (non-hydrogen) atoms. The van der Waals surface area contributed by atoms with Gasteiger partial charge in [-0.25, -0.2) is 0 Å². The standard InChI is InChI=1S/C20H28N2O2/c23-19(11-10-16-6-2-1-3-7-16)22-14-12-17(13-15-22)20(24)21-18-8-4-5-9-18/h1-3,6-7,17-18H,4-5,8-15H2,(H,21,24). The molecular formula is C20H28N2O2. The number of amides is 2. The second-order valence-corrected chi connectivity index (χ2v) is 7.13. The van der Waals surface area contributed by atoms with Gasteiger partial charge in [-0.1, -0.05) is 43.2 Å². The number of carbonyl (C=O) groups excluding carboxylic acids is 2. The van der Waals surface area contributed by atoms with Crippen LogP contribution in [-0.2, 0) is 16.0 Å². The molecule has 0 atom stereocenters. The summed E-state index contributed by atoms with van der Waals surface area (Å²) in [4.78, 5) is 26.6. The van der Waals surface area contributed by atoms with Gasteiger partial charge in [0.25, 0.3) is 0 Å². The van der Waals surface area contributed by atoms with Crippen molar-refractivity contribution in [3.05, 3.63) is 35.9 Å². The lowest BCUT2D eigenvalue weighted by Gasteiger charge is -2.32. The Kier molecular flexibility index (Phi) is 5.89. The van der Waals surface area contributed by atoms with Gasteiger partial charge in [0.2, 0.25) is 11.8 Å². The molecule has 2 amide bonds. The number of nitrogens with zero attached hydrogens (tertiary/aromatic N) is 1. The molecule has 1 aromatic carbocycles. The Labute approximate surface area is 144 Å². The molecule has 1 aliphatic heterocycles. The quantitative estimate of drug-likeness (QED) is 0.903. The van der Waals surface area contributed by atoms with Crippen molar-refractivity contribution < 1.29 is 9.59 Å². The molecule has 0 radical (unpaired) electrons. The van der Waals surface area contributed by atoms with E-state index in [0.717, 1.165) is 45.2 Å². The summed E-state index contributed by atoms with van der Waals surface area (Å²) in [6, 6.07) is 10.5. The van der Waals surface area contributed by atoms with E-state index in [9.17, 15) is 9.59 Å². The highest BCUT2D eigenvalue weighted by atomic mass is 16.2. The number of rotatable bonds is 5. The number of carbonyl (C=O) groups is 2. The minimum absolute atomic E-state index is 0.0868. The second kappa shape index (κ2) is 8.32. The van der Waals surface area contributed by atoms with E-state index in [4.69, 9.17) is 0 Å². The molecule has 4 heteroatoms. The summed E-state index contributed by atoms with van der Waals surface area (Å²) in [6.45, 7) is 1.44. The molecular weight excluding hydrogens is 300 g/mol. The van der Waals surface area contributed by atoms with Crippen molar-refractivity contribution in [2.45, 2.75) is 57.4 Å². The Morgan fingerprint density at radius 3 is 2.33 bits per heavy atom. The molecule has 0 spiro atoms. The molecule has 1 heterocycles. The predicted molar refractivity (Wildman–Crippen MR) is 94.5 cm³/mol. The van der Waals surface area contributed by atoms with Gasteiger partial charge >= 0.3 is 0 Å². The maximum Gasteiger partial charge on any atom is 0.223 e. The molecule has 2 fully saturated rings. The Balaban J connectivity index is 1.39. The molecule has 0 bridgehead atoms. The van der Waals surface area contributed by atoms with Gasteiger partial charge in [-0.15, -0.1) is 0 Å². The number of hydrogen-bond donors (Lipinski definition) is 1. The topological polar surface area (TPSA) is 49.4 Å². The molecule has 2 aliphatic rings. The van der Waals surface area contributed by atoms with Crippen molar-refractivity contribution in [1.82, 2.24) is 10.2 Å². The van der Waals surface area contributed by atoms with E-state index in [1.54, 1.807) is 0 Å². The highest BCUT2D eigenvalue weighted by Gasteiger charge is 2.28. The van der Waals surface area contributed by atoms with E-state index in [2.05, 4.69) is 17.4 Å². The van der Waals surface area contributed by atoms with Crippen molar-refractivity contribution in [2.75, 3.05) is 13.1 Å². The van der Waals surface area contributed by atoms with Crippen LogP contribution in [-0.4, -0.2) is 35.8 Å². The lowest BCUT2D eigenvalue weighted by Crippen LogP contribution is -2.44. The first kappa shape index (κ1) is 17.0. The molecule has 1 aliphatic carbocycles. The van der Waals surface area contributed by atoms with Gasteiger partial charge in [0.15, 0.2) is 0 Å². The lowest BCUT2D eigenvalue weighted by molar-refractivity contribution is -0.135. The largest absolute Gasteiger partial charge is 0.353 e. The molecule has 1 saturated carbocycles. The van der Waals surface area contributed by atoms with E-state index >= 15 is 0 Å². The fraction of sp³-hybridized carbons (Fsp3) is 0.600. The summed E-state index contributed by atoms with van der Waals surface area (Å²) in [7, 11) is 0. The minimum Gasteiger partial charge on any atom is -0.353 e. The van der Waals surface area contributed by atoms with Gasteiger partial charge in [0.05, 0.1) is 0 Å². The summed E-state index contributed by atoms with van der Waals surface area (Å²) in [5, 5.41) is 3.20. The molecule has 130 valence electrons. The van der Waals surface area contributed by atoms with Crippen LogP contribution in [0.15, 0.2) is 30.3 Å². The summed E-state index contributed by atoms with van der Waals surface area (Å²) in [5.74, 6) is 0.510. The first-order valence-electron chi connectivity index (χ1n) is 9.34. The van der Waals surface area contributed by atoms with Gasteiger partial charge in [0, 0.05) is 31.5 Å². The fourth-order valence-corrected chi connectivity index (χ4v) is 3.83. The SMILES string of the molecule is O=C(NC1CCCC1)C1CCN(C(=O)CCc2ccccc2)CC1. The molecule has 1 N–H and O–H groups in total. The zero-order chi connectivity index (χ0) is 16.8. The molecule has 0 aromatic heterocycles. The highest BCUT2D eigenvalue weighted by Crippen LogP contribution is 2.22. The minimum atomic E-state index is 0.0868. The van der Waals surface area contributed by atoms with E-state index < -0.39 is 0 Å². The first-order valence-corrected chi connectivity index (χ1v) is 9.34. The molecule has 0 unspecified atom stereocenters. The number of aryl methyl sites for hydroxylation is 1. The van der Waals surface area contributed by atoms with Crippen molar-refractivity contribution in [3.63, 3.8) is 0 Å². The Bertz CT molecular complexity index is 544. The average molecular weight is 328 g/mol. The summed E-state index contributed by atoms with van der Waals surface area (Å²) < 4.78 is 0. The van der Waals surface area contributed by atoms with Gasteiger partial charge in [0.1, 0.15) is 0 Å². The van der Waals surface area contributed by atoms with Gasteiger partial charge in [-0.05, 0) is 37.7 Å². The van der Waals surface area contributed by atoms with Gasteiger partial charge in [-0.2, -0.15) is 0 Å². The predicted octanol–water partition coefficient (Wildman–Crippen LogP) is 2.92. The van der Waals surface area contributed by atoms with E-state index in [1.807, 2.05) is 23.1 Å². The molecule has 1 aromatic rings. The highest BCUT2D eigenvalue weighted by molar-refractivity contribution is 5.80. The third-order valence-electron chi connectivity index (χ3n) is 5.39. The molecule has 3 rings (SSSR count). The van der Waals surface area contributed by atoms with Gasteiger partial charge < -0.3 is 10.2 Å². The van der Waals surface area contributed by atoms with Crippen LogP contribution in [0.3, 0.4) is 0 Å². The number of piperidine rings is 1. The Morgan fingerprint density at radius 1 is 1.00 bits per heavy atom. The zero-order valence-corrected chi connectivity index (χ0v) is 14.4. The number of benzene rings is 1. The number of likely N-dealkylation sites (tertiary alicyclic amines) is 1. The maximum absolute atomic E-state index is 12.4. The van der Waals surface area contributed by atoms with E-state index in [1.165, 1.54) is 18.4 Å². The molecule has 1 saturated heterocycles. The van der Waals surface area contributed by atoms with Crippen LogP contribution in [0.5, 0.6) is 0 Å². The Morgan fingerprint density at radius 2 is 1.67 bits per heavy atom. The van der Waals surface area contributed by atoms with Crippen molar-refractivity contribution in [3.8, 4) is 0 Å². The summed E-state index contributed by atoms with van der Waals surface area (Å²) in [5.41, 5.74) is 1.21. The van der Waals surface area contributed by atoms with Crippen molar-refractivity contribution in [2.24, 2.45) is 5.92 Å². The van der Waals surface area contributed by atoms with E-state index in [-0.39, 0.29) is 17.7 Å². The third kappa shape index (κ3) is 4.59. The van der Waals surface area contributed by atoms with Gasteiger partial charge in [-0.3, -0.25) is 9.59 Å². The van der Waals surface area contributed by atoms with Crippen LogP contribution < -0.4 is 5.32 Å². The molecule has 4 nitrogen and oxygen atoms in total. The summed E-state index contributed by atoms with van der Waals surface area (Å²) in [6.07, 6.45) is 7.68. The zero-order valence-electron chi connectivity index (χ0n) is 14.4. The van der Waals surface area contributed by atoms with Crippen molar-refractivity contribution >= 4 is 11.8 Å². The van der Waals surface area contributed by atoms with Crippen LogP contribution in [0.25, 0.3) is 0 Å². The third-order valence-corrected chi connectivity index (χ3v) is 5.39. The first-order chi connectivity index (χ1) is 11.7. The monoisotopic (exact) mass is 328 g/mol. The van der Waals surface area contributed by atoms with Crippen molar-refractivity contribution in [1.29, 1.82) is 0 Å². The second-order valence-electron chi connectivity index (χ2n) is 7.13. The lowest BCUT2D eigenvalue weighted by atomic mass is 9.95. The van der Waals surface area contributed by atoms with Crippen LogP contribution in [0.2, 0.25) is 0 Å². The van der Waals surface area contributed by atoms with Crippen LogP contribution in [0.4, 0.5) is 0 Å². The van der Waals surface area contributed by atoms with Crippen LogP contribution in [0.1, 0.15) is 50.5 Å². The smallest absolute Gasteiger partial charge is 0.223 e. The van der Waals surface area contributed by atoms with Crippen LogP contribution >= 0.6 is 0 Å².